The van der Waals surface area contributed by atoms with Crippen LogP contribution in [0.3, 0.4) is 0 Å². The molecule has 0 aromatic heterocycles. The summed E-state index contributed by atoms with van der Waals surface area (Å²) in [6.45, 7) is 0.492. The number of hydrogen-bond acceptors (Lipinski definition) is 2. The van der Waals surface area contributed by atoms with E-state index in [2.05, 4.69) is 15.9 Å². The number of rotatable bonds is 3. The molecule has 0 saturated heterocycles. The number of nitrogens with zero attached hydrogens (tertiary/aromatic N) is 1. The van der Waals surface area contributed by atoms with Crippen molar-refractivity contribution in [3.63, 3.8) is 0 Å². The number of benzene rings is 2. The molecule has 106 valence electrons. The summed E-state index contributed by atoms with van der Waals surface area (Å²) in [5.41, 5.74) is 2.82. The molecule has 0 radical (unpaired) electrons. The zero-order valence-electron chi connectivity index (χ0n) is 11.0. The second-order valence-corrected chi connectivity index (χ2v) is 5.85. The molecule has 2 aromatic rings. The molecule has 1 N–H and O–H groups in total. The number of halogens is 1. The van der Waals surface area contributed by atoms with Gasteiger partial charge in [0.15, 0.2) is 0 Å². The minimum Gasteiger partial charge on any atom is -0.478 e. The van der Waals surface area contributed by atoms with E-state index in [0.29, 0.717) is 6.54 Å². The van der Waals surface area contributed by atoms with Crippen LogP contribution in [0.4, 0.5) is 5.69 Å². The van der Waals surface area contributed by atoms with Crippen LogP contribution in [-0.2, 0) is 17.8 Å². The number of aromatic carboxylic acids is 1. The largest absolute Gasteiger partial charge is 0.478 e. The van der Waals surface area contributed by atoms with Gasteiger partial charge in [0.05, 0.1) is 18.5 Å². The van der Waals surface area contributed by atoms with Crippen LogP contribution in [0.1, 0.15) is 21.5 Å². The Balaban J connectivity index is 1.90. The maximum absolute atomic E-state index is 12.2. The lowest BCUT2D eigenvalue weighted by Crippen LogP contribution is -2.25. The summed E-state index contributed by atoms with van der Waals surface area (Å²) in [7, 11) is 0. The van der Waals surface area contributed by atoms with E-state index < -0.39 is 5.97 Å². The molecule has 2 aromatic carbocycles. The van der Waals surface area contributed by atoms with Gasteiger partial charge in [-0.05, 0) is 41.5 Å². The summed E-state index contributed by atoms with van der Waals surface area (Å²) < 4.78 is 0.991. The van der Waals surface area contributed by atoms with Crippen molar-refractivity contribution in [2.45, 2.75) is 13.0 Å². The first-order valence-electron chi connectivity index (χ1n) is 6.45. The summed E-state index contributed by atoms with van der Waals surface area (Å²) in [6.07, 6.45) is 0.257. The lowest BCUT2D eigenvalue weighted by molar-refractivity contribution is -0.117. The zero-order valence-corrected chi connectivity index (χ0v) is 12.6. The lowest BCUT2D eigenvalue weighted by Gasteiger charge is -2.17. The molecule has 21 heavy (non-hydrogen) atoms. The number of carbonyl (C=O) groups is 2. The van der Waals surface area contributed by atoms with E-state index in [0.717, 1.165) is 21.3 Å². The van der Waals surface area contributed by atoms with Gasteiger partial charge in [-0.2, -0.15) is 0 Å². The van der Waals surface area contributed by atoms with E-state index in [-0.39, 0.29) is 17.9 Å². The van der Waals surface area contributed by atoms with Crippen molar-refractivity contribution in [1.82, 2.24) is 0 Å². The minimum atomic E-state index is -0.975. The number of carboxylic acids is 1. The summed E-state index contributed by atoms with van der Waals surface area (Å²) in [6, 6.07) is 12.6. The van der Waals surface area contributed by atoms with Gasteiger partial charge in [-0.3, -0.25) is 4.79 Å². The summed E-state index contributed by atoms with van der Waals surface area (Å²) in [5, 5.41) is 9.01. The highest BCUT2D eigenvalue weighted by Gasteiger charge is 2.27. The predicted octanol–water partition coefficient (Wildman–Crippen LogP) is 3.24. The SMILES string of the molecule is O=C(O)c1ccc2c(c1)CC(=O)N2Cc1ccc(Br)cc1. The van der Waals surface area contributed by atoms with Gasteiger partial charge in [0.2, 0.25) is 5.91 Å². The summed E-state index contributed by atoms with van der Waals surface area (Å²) >= 11 is 3.38. The van der Waals surface area contributed by atoms with Gasteiger partial charge < -0.3 is 10.0 Å². The molecule has 0 bridgehead atoms. The van der Waals surface area contributed by atoms with Crippen molar-refractivity contribution in [1.29, 1.82) is 0 Å². The van der Waals surface area contributed by atoms with Crippen molar-refractivity contribution in [3.8, 4) is 0 Å². The highest BCUT2D eigenvalue weighted by molar-refractivity contribution is 9.10. The van der Waals surface area contributed by atoms with Gasteiger partial charge in [0, 0.05) is 10.2 Å². The molecule has 0 atom stereocenters. The molecular formula is C16H12BrNO3. The highest BCUT2D eigenvalue weighted by atomic mass is 79.9. The molecule has 5 heteroatoms. The molecular weight excluding hydrogens is 334 g/mol. The summed E-state index contributed by atoms with van der Waals surface area (Å²) in [4.78, 5) is 24.8. The number of fused-ring (bicyclic) bond motifs is 1. The lowest BCUT2D eigenvalue weighted by atomic mass is 10.1. The Bertz CT molecular complexity index is 725. The van der Waals surface area contributed by atoms with Gasteiger partial charge in [0.25, 0.3) is 0 Å². The minimum absolute atomic E-state index is 0.00421. The molecule has 4 nitrogen and oxygen atoms in total. The van der Waals surface area contributed by atoms with Gasteiger partial charge in [-0.1, -0.05) is 28.1 Å². The van der Waals surface area contributed by atoms with E-state index in [1.54, 1.807) is 17.0 Å². The van der Waals surface area contributed by atoms with Crippen molar-refractivity contribution in [2.75, 3.05) is 4.90 Å². The number of anilines is 1. The Labute approximate surface area is 130 Å². The third kappa shape index (κ3) is 2.69. The van der Waals surface area contributed by atoms with Crippen LogP contribution in [0.2, 0.25) is 0 Å². The standard InChI is InChI=1S/C16H12BrNO3/c17-13-4-1-10(2-5-13)9-18-14-6-3-11(16(20)21)7-12(14)8-15(18)19/h1-7H,8-9H2,(H,20,21). The van der Waals surface area contributed by atoms with Crippen LogP contribution < -0.4 is 4.90 Å². The van der Waals surface area contributed by atoms with E-state index in [9.17, 15) is 9.59 Å². The first-order valence-corrected chi connectivity index (χ1v) is 7.25. The zero-order chi connectivity index (χ0) is 15.0. The smallest absolute Gasteiger partial charge is 0.335 e. The molecule has 1 heterocycles. The van der Waals surface area contributed by atoms with Gasteiger partial charge in [0.1, 0.15) is 0 Å². The third-order valence-electron chi connectivity index (χ3n) is 3.51. The molecule has 3 rings (SSSR count). The Hall–Kier alpha value is -2.14. The highest BCUT2D eigenvalue weighted by Crippen LogP contribution is 2.31. The Kier molecular flexibility index (Phi) is 3.51. The topological polar surface area (TPSA) is 57.6 Å². The fourth-order valence-corrected chi connectivity index (χ4v) is 2.73. The monoisotopic (exact) mass is 345 g/mol. The van der Waals surface area contributed by atoms with Crippen LogP contribution in [0, 0.1) is 0 Å². The van der Waals surface area contributed by atoms with Crippen LogP contribution in [-0.4, -0.2) is 17.0 Å². The normalized spacial score (nSPS) is 13.4. The van der Waals surface area contributed by atoms with Crippen molar-refractivity contribution in [3.05, 3.63) is 63.6 Å². The van der Waals surface area contributed by atoms with Crippen molar-refractivity contribution < 1.29 is 14.7 Å². The fourth-order valence-electron chi connectivity index (χ4n) is 2.46. The van der Waals surface area contributed by atoms with Crippen molar-refractivity contribution in [2.24, 2.45) is 0 Å². The average Bonchev–Trinajstić information content (AvgIpc) is 2.76. The number of hydrogen-bond donors (Lipinski definition) is 1. The van der Waals surface area contributed by atoms with E-state index in [1.165, 1.54) is 6.07 Å². The number of carboxylic acid groups (broad SMARTS) is 1. The number of amides is 1. The second kappa shape index (κ2) is 5.33. The van der Waals surface area contributed by atoms with Crippen LogP contribution in [0.25, 0.3) is 0 Å². The van der Waals surface area contributed by atoms with Gasteiger partial charge in [-0.15, -0.1) is 0 Å². The molecule has 1 aliphatic rings. The van der Waals surface area contributed by atoms with E-state index >= 15 is 0 Å². The quantitative estimate of drug-likeness (QED) is 0.928. The van der Waals surface area contributed by atoms with Crippen LogP contribution in [0.5, 0.6) is 0 Å². The average molecular weight is 346 g/mol. The number of carbonyl (C=O) groups excluding carboxylic acids is 1. The van der Waals surface area contributed by atoms with E-state index in [1.807, 2.05) is 24.3 Å². The van der Waals surface area contributed by atoms with Crippen LogP contribution in [0.15, 0.2) is 46.9 Å². The molecule has 0 saturated carbocycles. The summed E-state index contributed by atoms with van der Waals surface area (Å²) in [5.74, 6) is -0.980. The van der Waals surface area contributed by atoms with Crippen molar-refractivity contribution >= 4 is 33.5 Å². The first kappa shape index (κ1) is 13.8. The maximum Gasteiger partial charge on any atom is 0.335 e. The first-order chi connectivity index (χ1) is 10.0. The Morgan fingerprint density at radius 3 is 2.57 bits per heavy atom. The van der Waals surface area contributed by atoms with Gasteiger partial charge >= 0.3 is 5.97 Å². The third-order valence-corrected chi connectivity index (χ3v) is 4.04. The molecule has 0 spiro atoms. The Morgan fingerprint density at radius 2 is 1.90 bits per heavy atom. The fraction of sp³-hybridized carbons (Fsp3) is 0.125. The molecule has 1 amide bonds. The molecule has 0 aliphatic carbocycles. The van der Waals surface area contributed by atoms with Gasteiger partial charge in [-0.25, -0.2) is 4.79 Å². The maximum atomic E-state index is 12.2. The molecule has 0 fully saturated rings. The Morgan fingerprint density at radius 1 is 1.19 bits per heavy atom. The molecule has 0 unspecified atom stereocenters. The molecule has 1 aliphatic heterocycles. The second-order valence-electron chi connectivity index (χ2n) is 4.93. The van der Waals surface area contributed by atoms with Crippen LogP contribution >= 0.6 is 15.9 Å². The predicted molar refractivity (Wildman–Crippen MR) is 82.4 cm³/mol. The van der Waals surface area contributed by atoms with E-state index in [4.69, 9.17) is 5.11 Å².